The molecule has 1 aromatic rings. The van der Waals surface area contributed by atoms with Gasteiger partial charge < -0.3 is 9.08 Å². The first-order valence-corrected chi connectivity index (χ1v) is 9.21. The Morgan fingerprint density at radius 1 is 1.27 bits per heavy atom. The highest BCUT2D eigenvalue weighted by Crippen LogP contribution is 2.32. The number of hydrogen-bond acceptors (Lipinski definition) is 4. The van der Waals surface area contributed by atoms with Gasteiger partial charge in [0, 0.05) is 18.5 Å². The van der Waals surface area contributed by atoms with E-state index in [0.717, 1.165) is 18.4 Å². The van der Waals surface area contributed by atoms with Crippen molar-refractivity contribution in [1.82, 2.24) is 4.90 Å². The van der Waals surface area contributed by atoms with E-state index in [1.807, 2.05) is 18.7 Å². The van der Waals surface area contributed by atoms with Crippen LogP contribution in [0.2, 0.25) is 0 Å². The zero-order chi connectivity index (χ0) is 16.3. The fourth-order valence-electron chi connectivity index (χ4n) is 2.13. The van der Waals surface area contributed by atoms with Gasteiger partial charge in [0.2, 0.25) is 5.91 Å². The summed E-state index contributed by atoms with van der Waals surface area (Å²) in [6.07, 6.45) is 1.98. The summed E-state index contributed by atoms with van der Waals surface area (Å²) in [5.41, 5.74) is 0.962. The van der Waals surface area contributed by atoms with Gasteiger partial charge >= 0.3 is 10.1 Å². The molecule has 0 bridgehead atoms. The Bertz CT molecular complexity index is 618. The zero-order valence-electron chi connectivity index (χ0n) is 13.3. The van der Waals surface area contributed by atoms with Crippen molar-refractivity contribution < 1.29 is 17.4 Å². The Morgan fingerprint density at radius 2 is 1.86 bits per heavy atom. The van der Waals surface area contributed by atoms with Crippen molar-refractivity contribution in [2.75, 3.05) is 5.75 Å². The maximum Gasteiger partial charge on any atom is 0.308 e. The standard InChI is InChI=1S/C16H23NO4S/c1-4-22(19,20)21-15-9-5-13(6-10-15)11-17(12(2)3)16(18)14-7-8-14/h5-6,9-10,12,14H,4,7-8,11H2,1-3H3. The average Bonchev–Trinajstić information content (AvgIpc) is 3.30. The largest absolute Gasteiger partial charge is 0.382 e. The van der Waals surface area contributed by atoms with Gasteiger partial charge in [0.15, 0.2) is 0 Å². The van der Waals surface area contributed by atoms with Gasteiger partial charge in [-0.25, -0.2) is 0 Å². The summed E-state index contributed by atoms with van der Waals surface area (Å²) in [6, 6.07) is 7.00. The number of nitrogens with zero attached hydrogens (tertiary/aromatic N) is 1. The Morgan fingerprint density at radius 3 is 2.32 bits per heavy atom. The Hall–Kier alpha value is -1.56. The Kier molecular flexibility index (Phi) is 5.11. The lowest BCUT2D eigenvalue weighted by atomic mass is 10.1. The summed E-state index contributed by atoms with van der Waals surface area (Å²) in [7, 11) is -3.50. The molecule has 5 nitrogen and oxygen atoms in total. The first-order valence-electron chi connectivity index (χ1n) is 7.64. The maximum absolute atomic E-state index is 12.3. The minimum atomic E-state index is -3.50. The summed E-state index contributed by atoms with van der Waals surface area (Å²) < 4.78 is 27.8. The molecule has 1 aliphatic rings. The van der Waals surface area contributed by atoms with E-state index < -0.39 is 10.1 Å². The topological polar surface area (TPSA) is 63.7 Å². The van der Waals surface area contributed by atoms with E-state index >= 15 is 0 Å². The van der Waals surface area contributed by atoms with Crippen LogP contribution in [-0.2, 0) is 21.5 Å². The molecule has 1 amide bonds. The molecule has 22 heavy (non-hydrogen) atoms. The van der Waals surface area contributed by atoms with Crippen molar-refractivity contribution in [3.8, 4) is 5.75 Å². The molecule has 1 aliphatic carbocycles. The van der Waals surface area contributed by atoms with Crippen LogP contribution in [0.1, 0.15) is 39.2 Å². The fraction of sp³-hybridized carbons (Fsp3) is 0.562. The van der Waals surface area contributed by atoms with Gasteiger partial charge in [-0.05, 0) is 51.3 Å². The molecule has 0 atom stereocenters. The van der Waals surface area contributed by atoms with Crippen molar-refractivity contribution in [1.29, 1.82) is 0 Å². The molecular formula is C16H23NO4S. The molecule has 0 N–H and O–H groups in total. The smallest absolute Gasteiger partial charge is 0.308 e. The average molecular weight is 325 g/mol. The number of benzene rings is 1. The molecule has 0 saturated heterocycles. The molecule has 2 rings (SSSR count). The van der Waals surface area contributed by atoms with Crippen molar-refractivity contribution >= 4 is 16.0 Å². The van der Waals surface area contributed by atoms with Gasteiger partial charge in [-0.2, -0.15) is 8.42 Å². The summed E-state index contributed by atoms with van der Waals surface area (Å²) in [5, 5.41) is 0. The van der Waals surface area contributed by atoms with Gasteiger partial charge in [-0.15, -0.1) is 0 Å². The second-order valence-electron chi connectivity index (χ2n) is 5.91. The molecule has 0 aliphatic heterocycles. The van der Waals surface area contributed by atoms with Crippen LogP contribution in [0, 0.1) is 5.92 Å². The highest BCUT2D eigenvalue weighted by atomic mass is 32.2. The lowest BCUT2D eigenvalue weighted by molar-refractivity contribution is -0.134. The molecule has 0 spiro atoms. The van der Waals surface area contributed by atoms with Crippen molar-refractivity contribution in [3.63, 3.8) is 0 Å². The Labute approximate surface area is 132 Å². The predicted molar refractivity (Wildman–Crippen MR) is 84.9 cm³/mol. The van der Waals surface area contributed by atoms with Gasteiger partial charge in [0.1, 0.15) is 5.75 Å². The van der Waals surface area contributed by atoms with E-state index in [1.165, 1.54) is 6.92 Å². The summed E-state index contributed by atoms with van der Waals surface area (Å²) in [5.74, 6) is 0.644. The summed E-state index contributed by atoms with van der Waals surface area (Å²) in [4.78, 5) is 14.1. The van der Waals surface area contributed by atoms with Gasteiger partial charge in [-0.3, -0.25) is 4.79 Å². The van der Waals surface area contributed by atoms with Crippen LogP contribution in [-0.4, -0.2) is 31.0 Å². The van der Waals surface area contributed by atoms with Gasteiger partial charge in [0.25, 0.3) is 0 Å². The first kappa shape index (κ1) is 16.8. The van der Waals surface area contributed by atoms with Gasteiger partial charge in [-0.1, -0.05) is 12.1 Å². The Balaban J connectivity index is 2.04. The van der Waals surface area contributed by atoms with Crippen molar-refractivity contribution in [3.05, 3.63) is 29.8 Å². The second-order valence-corrected chi connectivity index (χ2v) is 7.77. The minimum Gasteiger partial charge on any atom is -0.382 e. The SMILES string of the molecule is CCS(=O)(=O)Oc1ccc(CN(C(=O)C2CC2)C(C)C)cc1. The first-order chi connectivity index (χ1) is 10.3. The predicted octanol–water partition coefficient (Wildman–Crippen LogP) is 2.56. The number of hydrogen-bond donors (Lipinski definition) is 0. The number of carbonyl (C=O) groups excluding carboxylic acids is 1. The molecule has 0 radical (unpaired) electrons. The zero-order valence-corrected chi connectivity index (χ0v) is 14.1. The third kappa shape index (κ3) is 4.47. The van der Waals surface area contributed by atoms with Crippen molar-refractivity contribution in [2.45, 2.75) is 46.2 Å². The van der Waals surface area contributed by atoms with E-state index in [-0.39, 0.29) is 23.6 Å². The van der Waals surface area contributed by atoms with Crippen LogP contribution in [0.25, 0.3) is 0 Å². The van der Waals surface area contributed by atoms with Crippen LogP contribution in [0.4, 0.5) is 0 Å². The van der Waals surface area contributed by atoms with Crippen LogP contribution in [0.5, 0.6) is 5.75 Å². The molecule has 1 aromatic carbocycles. The van der Waals surface area contributed by atoms with E-state index in [0.29, 0.717) is 12.3 Å². The van der Waals surface area contributed by atoms with Crippen LogP contribution in [0.3, 0.4) is 0 Å². The van der Waals surface area contributed by atoms with E-state index in [4.69, 9.17) is 4.18 Å². The van der Waals surface area contributed by atoms with E-state index in [9.17, 15) is 13.2 Å². The quantitative estimate of drug-likeness (QED) is 0.723. The molecule has 0 aromatic heterocycles. The third-order valence-electron chi connectivity index (χ3n) is 3.69. The molecule has 1 fully saturated rings. The maximum atomic E-state index is 12.3. The minimum absolute atomic E-state index is 0.0637. The lowest BCUT2D eigenvalue weighted by Crippen LogP contribution is -2.37. The third-order valence-corrected chi connectivity index (χ3v) is 4.84. The monoisotopic (exact) mass is 325 g/mol. The molecule has 1 saturated carbocycles. The summed E-state index contributed by atoms with van der Waals surface area (Å²) in [6.45, 7) is 6.08. The fourth-order valence-corrected chi connectivity index (χ4v) is 2.65. The number of rotatable bonds is 7. The van der Waals surface area contributed by atoms with Crippen LogP contribution < -0.4 is 4.18 Å². The van der Waals surface area contributed by atoms with E-state index in [1.54, 1.807) is 24.3 Å². The van der Waals surface area contributed by atoms with Crippen molar-refractivity contribution in [2.24, 2.45) is 5.92 Å². The second kappa shape index (κ2) is 6.69. The lowest BCUT2D eigenvalue weighted by Gasteiger charge is -2.27. The van der Waals surface area contributed by atoms with Crippen LogP contribution in [0.15, 0.2) is 24.3 Å². The summed E-state index contributed by atoms with van der Waals surface area (Å²) >= 11 is 0. The highest BCUT2D eigenvalue weighted by Gasteiger charge is 2.34. The van der Waals surface area contributed by atoms with Gasteiger partial charge in [0.05, 0.1) is 5.75 Å². The molecule has 0 heterocycles. The van der Waals surface area contributed by atoms with Crippen LogP contribution >= 0.6 is 0 Å². The van der Waals surface area contributed by atoms with E-state index in [2.05, 4.69) is 0 Å². The highest BCUT2D eigenvalue weighted by molar-refractivity contribution is 7.87. The molecule has 0 unspecified atom stereocenters. The molecule has 6 heteroatoms. The molecular weight excluding hydrogens is 302 g/mol. The number of amides is 1. The normalized spacial score (nSPS) is 14.9. The number of carbonyl (C=O) groups is 1. The molecule has 122 valence electrons.